The number of aryl methyl sites for hydroxylation is 1. The van der Waals surface area contributed by atoms with Gasteiger partial charge in [-0.15, -0.1) is 0 Å². The summed E-state index contributed by atoms with van der Waals surface area (Å²) in [5.41, 5.74) is 8.13. The minimum atomic E-state index is 0.804. The molecule has 4 heteroatoms. The average Bonchev–Trinajstić information content (AvgIpc) is 2.57. The number of hydrogen-bond donors (Lipinski definition) is 2. The number of anilines is 1. The molecule has 2 aliphatic rings. The molecule has 2 unspecified atom stereocenters. The molecule has 0 amide bonds. The highest BCUT2D eigenvalue weighted by atomic mass is 15.2. The van der Waals surface area contributed by atoms with E-state index >= 15 is 0 Å². The Labute approximate surface area is 83.5 Å². The van der Waals surface area contributed by atoms with Gasteiger partial charge in [0.1, 0.15) is 0 Å². The molecule has 0 spiro atoms. The summed E-state index contributed by atoms with van der Waals surface area (Å²) in [5, 5.41) is 7.04. The van der Waals surface area contributed by atoms with Gasteiger partial charge in [-0.25, -0.2) is 0 Å². The van der Waals surface area contributed by atoms with Crippen LogP contribution in [0.5, 0.6) is 0 Å². The summed E-state index contributed by atoms with van der Waals surface area (Å²) in [4.78, 5) is 2.43. The largest absolute Gasteiger partial charge is 0.368 e. The van der Waals surface area contributed by atoms with Gasteiger partial charge in [0.25, 0.3) is 0 Å². The standard InChI is InChI=1S/C10H16N4/c1-6-10(3-12-13-6)14-4-8-7(2-11)9(8)5-14/h3,7-9H,2,4-5,11H2,1H3,(H,12,13). The van der Waals surface area contributed by atoms with E-state index in [2.05, 4.69) is 22.0 Å². The van der Waals surface area contributed by atoms with Crippen LogP contribution in [0.3, 0.4) is 0 Å². The number of rotatable bonds is 2. The maximum Gasteiger partial charge on any atom is 0.0779 e. The van der Waals surface area contributed by atoms with Gasteiger partial charge in [0.05, 0.1) is 17.6 Å². The molecule has 0 aromatic carbocycles. The molecule has 14 heavy (non-hydrogen) atoms. The Kier molecular flexibility index (Phi) is 1.62. The van der Waals surface area contributed by atoms with Crippen LogP contribution in [0.1, 0.15) is 5.69 Å². The molecule has 0 bridgehead atoms. The average molecular weight is 192 g/mol. The fraction of sp³-hybridized carbons (Fsp3) is 0.700. The third-order valence-corrected chi connectivity index (χ3v) is 3.79. The lowest BCUT2D eigenvalue weighted by Gasteiger charge is -2.20. The zero-order valence-electron chi connectivity index (χ0n) is 8.40. The van der Waals surface area contributed by atoms with Crippen LogP contribution in [0.2, 0.25) is 0 Å². The summed E-state index contributed by atoms with van der Waals surface area (Å²) in [5.74, 6) is 2.52. The van der Waals surface area contributed by atoms with E-state index < -0.39 is 0 Å². The van der Waals surface area contributed by atoms with Crippen molar-refractivity contribution < 1.29 is 0 Å². The van der Waals surface area contributed by atoms with Gasteiger partial charge in [0.2, 0.25) is 0 Å². The van der Waals surface area contributed by atoms with Gasteiger partial charge >= 0.3 is 0 Å². The third kappa shape index (κ3) is 1.00. The minimum absolute atomic E-state index is 0.804. The van der Waals surface area contributed by atoms with Crippen molar-refractivity contribution in [3.8, 4) is 0 Å². The zero-order valence-corrected chi connectivity index (χ0v) is 8.40. The molecule has 2 heterocycles. The van der Waals surface area contributed by atoms with Crippen LogP contribution in [0.4, 0.5) is 5.69 Å². The Hall–Kier alpha value is -1.03. The molecular weight excluding hydrogens is 176 g/mol. The first kappa shape index (κ1) is 8.29. The zero-order chi connectivity index (χ0) is 9.71. The highest BCUT2D eigenvalue weighted by Crippen LogP contribution is 2.51. The van der Waals surface area contributed by atoms with Gasteiger partial charge in [-0.1, -0.05) is 0 Å². The lowest BCUT2D eigenvalue weighted by Crippen LogP contribution is -2.25. The number of piperidine rings is 1. The molecule has 3 N–H and O–H groups in total. The minimum Gasteiger partial charge on any atom is -0.368 e. The number of aromatic nitrogens is 2. The lowest BCUT2D eigenvalue weighted by atomic mass is 10.2. The number of hydrogen-bond acceptors (Lipinski definition) is 3. The SMILES string of the molecule is Cc1[nH]ncc1N1CC2C(CN)C2C1. The smallest absolute Gasteiger partial charge is 0.0779 e. The second-order valence-electron chi connectivity index (χ2n) is 4.51. The van der Waals surface area contributed by atoms with Gasteiger partial charge in [0, 0.05) is 13.1 Å². The molecule has 4 nitrogen and oxygen atoms in total. The van der Waals surface area contributed by atoms with Crippen molar-refractivity contribution in [3.05, 3.63) is 11.9 Å². The van der Waals surface area contributed by atoms with E-state index in [1.165, 1.54) is 24.5 Å². The molecule has 76 valence electrons. The maximum atomic E-state index is 5.68. The summed E-state index contributed by atoms with van der Waals surface area (Å²) in [6.45, 7) is 5.29. The van der Waals surface area contributed by atoms with Crippen LogP contribution in [-0.2, 0) is 0 Å². The van der Waals surface area contributed by atoms with E-state index in [9.17, 15) is 0 Å². The molecule has 1 aromatic rings. The number of nitrogens with two attached hydrogens (primary N) is 1. The summed E-state index contributed by atoms with van der Waals surface area (Å²) in [6.07, 6.45) is 1.93. The normalized spacial score (nSPS) is 34.7. The van der Waals surface area contributed by atoms with Gasteiger partial charge in [-0.05, 0) is 31.2 Å². The van der Waals surface area contributed by atoms with E-state index in [4.69, 9.17) is 5.73 Å². The van der Waals surface area contributed by atoms with E-state index in [0.29, 0.717) is 0 Å². The second kappa shape index (κ2) is 2.73. The predicted octanol–water partition coefficient (Wildman–Crippen LogP) is 0.359. The number of nitrogens with zero attached hydrogens (tertiary/aromatic N) is 2. The Morgan fingerprint density at radius 2 is 2.29 bits per heavy atom. The summed E-state index contributed by atoms with van der Waals surface area (Å²) < 4.78 is 0. The first-order valence-corrected chi connectivity index (χ1v) is 5.26. The van der Waals surface area contributed by atoms with Gasteiger partial charge < -0.3 is 10.6 Å². The summed E-state index contributed by atoms with van der Waals surface area (Å²) in [7, 11) is 0. The highest BCUT2D eigenvalue weighted by molar-refractivity contribution is 5.50. The number of H-pyrrole nitrogens is 1. The Morgan fingerprint density at radius 3 is 2.79 bits per heavy atom. The van der Waals surface area contributed by atoms with Gasteiger partial charge in [0.15, 0.2) is 0 Å². The van der Waals surface area contributed by atoms with Crippen molar-refractivity contribution in [1.82, 2.24) is 10.2 Å². The first-order valence-electron chi connectivity index (χ1n) is 5.26. The molecule has 2 fully saturated rings. The van der Waals surface area contributed by atoms with Gasteiger partial charge in [-0.2, -0.15) is 5.10 Å². The third-order valence-electron chi connectivity index (χ3n) is 3.79. The number of aromatic amines is 1. The summed E-state index contributed by atoms with van der Waals surface area (Å²) >= 11 is 0. The van der Waals surface area contributed by atoms with Crippen molar-refractivity contribution in [3.63, 3.8) is 0 Å². The molecule has 2 atom stereocenters. The fourth-order valence-corrected chi connectivity index (χ4v) is 2.86. The molecular formula is C10H16N4. The maximum absolute atomic E-state index is 5.68. The Balaban J connectivity index is 1.72. The van der Waals surface area contributed by atoms with E-state index in [-0.39, 0.29) is 0 Å². The fourth-order valence-electron chi connectivity index (χ4n) is 2.86. The number of nitrogens with one attached hydrogen (secondary N) is 1. The van der Waals surface area contributed by atoms with Gasteiger partial charge in [-0.3, -0.25) is 5.10 Å². The van der Waals surface area contributed by atoms with Crippen LogP contribution >= 0.6 is 0 Å². The summed E-state index contributed by atoms with van der Waals surface area (Å²) in [6, 6.07) is 0. The quantitative estimate of drug-likeness (QED) is 0.711. The van der Waals surface area contributed by atoms with Crippen molar-refractivity contribution in [2.24, 2.45) is 23.5 Å². The van der Waals surface area contributed by atoms with Crippen molar-refractivity contribution >= 4 is 5.69 Å². The molecule has 0 radical (unpaired) electrons. The van der Waals surface area contributed by atoms with Crippen LogP contribution in [0, 0.1) is 24.7 Å². The molecule has 3 rings (SSSR count). The molecule has 1 saturated heterocycles. The first-order chi connectivity index (χ1) is 6.81. The second-order valence-corrected chi connectivity index (χ2v) is 4.51. The van der Waals surface area contributed by atoms with E-state index in [1.807, 2.05) is 6.20 Å². The molecule has 1 aliphatic carbocycles. The van der Waals surface area contributed by atoms with Crippen molar-refractivity contribution in [1.29, 1.82) is 0 Å². The Bertz CT molecular complexity index is 334. The number of fused-ring (bicyclic) bond motifs is 1. The van der Waals surface area contributed by atoms with Crippen LogP contribution in [0.25, 0.3) is 0 Å². The highest BCUT2D eigenvalue weighted by Gasteiger charge is 2.54. The molecule has 1 aliphatic heterocycles. The predicted molar refractivity (Wildman–Crippen MR) is 55.1 cm³/mol. The lowest BCUT2D eigenvalue weighted by molar-refractivity contribution is 0.647. The van der Waals surface area contributed by atoms with Crippen molar-refractivity contribution in [2.75, 3.05) is 24.5 Å². The van der Waals surface area contributed by atoms with E-state index in [0.717, 1.165) is 24.3 Å². The Morgan fingerprint density at radius 1 is 1.57 bits per heavy atom. The van der Waals surface area contributed by atoms with Crippen molar-refractivity contribution in [2.45, 2.75) is 6.92 Å². The van der Waals surface area contributed by atoms with Crippen LogP contribution in [-0.4, -0.2) is 29.8 Å². The van der Waals surface area contributed by atoms with Crippen LogP contribution in [0.15, 0.2) is 6.20 Å². The van der Waals surface area contributed by atoms with E-state index in [1.54, 1.807) is 0 Å². The topological polar surface area (TPSA) is 57.9 Å². The molecule has 1 aromatic heterocycles. The molecule has 1 saturated carbocycles. The monoisotopic (exact) mass is 192 g/mol. The van der Waals surface area contributed by atoms with Crippen LogP contribution < -0.4 is 10.6 Å².